The molecule has 1 aliphatic rings. The van der Waals surface area contributed by atoms with Crippen LogP contribution in [-0.2, 0) is 0 Å². The molecule has 6 nitrogen and oxygen atoms in total. The fourth-order valence-corrected chi connectivity index (χ4v) is 2.67. The monoisotopic (exact) mass is 274 g/mol. The number of rotatable bonds is 4. The molecule has 1 heterocycles. The van der Waals surface area contributed by atoms with E-state index in [1.54, 1.807) is 12.1 Å². The second-order valence-electron chi connectivity index (χ2n) is 5.22. The Morgan fingerprint density at radius 3 is 3.05 bits per heavy atom. The molecule has 106 valence electrons. The number of nitrogens with zero attached hydrogens (tertiary/aromatic N) is 3. The molecule has 0 radical (unpaired) electrons. The van der Waals surface area contributed by atoms with E-state index in [-0.39, 0.29) is 11.3 Å². The maximum atomic E-state index is 11.1. The number of likely N-dealkylation sites (tertiary alicyclic amines) is 1. The molecule has 1 N–H and O–H groups in total. The van der Waals surface area contributed by atoms with Gasteiger partial charge >= 0.3 is 5.69 Å². The molecule has 1 unspecified atom stereocenters. The SMILES string of the molecule is CN1CCCC(CNc2cccc(C#N)c2[N+](=O)[O-])C1. The average molecular weight is 274 g/mol. The minimum absolute atomic E-state index is 0.0979. The van der Waals surface area contributed by atoms with Crippen LogP contribution < -0.4 is 5.32 Å². The number of hydrogen-bond donors (Lipinski definition) is 1. The van der Waals surface area contributed by atoms with Crippen molar-refractivity contribution < 1.29 is 4.92 Å². The Morgan fingerprint density at radius 2 is 2.40 bits per heavy atom. The largest absolute Gasteiger partial charge is 0.379 e. The standard InChI is InChI=1S/C14H18N4O2/c1-17-7-3-4-11(10-17)9-16-13-6-2-5-12(8-15)14(13)18(19)20/h2,5-6,11,16H,3-4,7,9-10H2,1H3. The van der Waals surface area contributed by atoms with Crippen molar-refractivity contribution in [2.24, 2.45) is 5.92 Å². The molecule has 2 rings (SSSR count). The number of nitro groups is 1. The zero-order valence-corrected chi connectivity index (χ0v) is 11.5. The first-order valence-electron chi connectivity index (χ1n) is 6.71. The van der Waals surface area contributed by atoms with Crippen LogP contribution in [0.3, 0.4) is 0 Å². The summed E-state index contributed by atoms with van der Waals surface area (Å²) in [5.41, 5.74) is 0.405. The fraction of sp³-hybridized carbons (Fsp3) is 0.500. The van der Waals surface area contributed by atoms with Crippen LogP contribution in [0.5, 0.6) is 0 Å². The van der Waals surface area contributed by atoms with Crippen LogP contribution in [0.4, 0.5) is 11.4 Å². The maximum Gasteiger partial charge on any atom is 0.309 e. The number of nitriles is 1. The van der Waals surface area contributed by atoms with E-state index in [0.717, 1.165) is 25.9 Å². The third-order valence-corrected chi connectivity index (χ3v) is 3.64. The third kappa shape index (κ3) is 3.25. The van der Waals surface area contributed by atoms with E-state index >= 15 is 0 Å². The lowest BCUT2D eigenvalue weighted by Gasteiger charge is -2.29. The van der Waals surface area contributed by atoms with Gasteiger partial charge in [0.2, 0.25) is 0 Å². The van der Waals surface area contributed by atoms with Crippen LogP contribution in [0.1, 0.15) is 18.4 Å². The Hall–Kier alpha value is -2.13. The van der Waals surface area contributed by atoms with Gasteiger partial charge in [-0.2, -0.15) is 5.26 Å². The van der Waals surface area contributed by atoms with E-state index in [0.29, 0.717) is 18.2 Å². The highest BCUT2D eigenvalue weighted by atomic mass is 16.6. The van der Waals surface area contributed by atoms with Crippen molar-refractivity contribution in [3.05, 3.63) is 33.9 Å². The number of nitro benzene ring substituents is 1. The van der Waals surface area contributed by atoms with Crippen LogP contribution in [0.15, 0.2) is 18.2 Å². The fourth-order valence-electron chi connectivity index (χ4n) is 2.67. The van der Waals surface area contributed by atoms with Gasteiger partial charge in [0.25, 0.3) is 0 Å². The summed E-state index contributed by atoms with van der Waals surface area (Å²) in [4.78, 5) is 12.9. The Bertz CT molecular complexity index is 538. The summed E-state index contributed by atoms with van der Waals surface area (Å²) >= 11 is 0. The molecule has 6 heteroatoms. The van der Waals surface area contributed by atoms with Gasteiger partial charge in [-0.1, -0.05) is 6.07 Å². The van der Waals surface area contributed by atoms with Crippen LogP contribution >= 0.6 is 0 Å². The first kappa shape index (κ1) is 14.3. The zero-order chi connectivity index (χ0) is 14.5. The van der Waals surface area contributed by atoms with Crippen molar-refractivity contribution in [3.63, 3.8) is 0 Å². The van der Waals surface area contributed by atoms with Crippen molar-refractivity contribution in [1.29, 1.82) is 5.26 Å². The Balaban J connectivity index is 2.09. The number of piperidine rings is 1. The summed E-state index contributed by atoms with van der Waals surface area (Å²) in [6.45, 7) is 2.80. The Kier molecular flexibility index (Phi) is 4.53. The van der Waals surface area contributed by atoms with Gasteiger partial charge in [0.1, 0.15) is 17.3 Å². The van der Waals surface area contributed by atoms with Crippen molar-refractivity contribution >= 4 is 11.4 Å². The molecule has 0 bridgehead atoms. The van der Waals surface area contributed by atoms with Crippen molar-refractivity contribution in [1.82, 2.24) is 4.90 Å². The van der Waals surface area contributed by atoms with Gasteiger partial charge in [-0.3, -0.25) is 10.1 Å². The second kappa shape index (κ2) is 6.35. The number of nitrogens with one attached hydrogen (secondary N) is 1. The van der Waals surface area contributed by atoms with Crippen molar-refractivity contribution in [2.45, 2.75) is 12.8 Å². The van der Waals surface area contributed by atoms with E-state index in [2.05, 4.69) is 17.3 Å². The van der Waals surface area contributed by atoms with Gasteiger partial charge in [-0.15, -0.1) is 0 Å². The lowest BCUT2D eigenvalue weighted by molar-refractivity contribution is -0.384. The smallest absolute Gasteiger partial charge is 0.309 e. The van der Waals surface area contributed by atoms with Gasteiger partial charge in [-0.05, 0) is 44.5 Å². The van der Waals surface area contributed by atoms with Crippen LogP contribution in [0.25, 0.3) is 0 Å². The molecule has 0 amide bonds. The molecule has 20 heavy (non-hydrogen) atoms. The van der Waals surface area contributed by atoms with E-state index < -0.39 is 4.92 Å². The molecular weight excluding hydrogens is 256 g/mol. The molecule has 0 aliphatic carbocycles. The van der Waals surface area contributed by atoms with Crippen molar-refractivity contribution in [2.75, 3.05) is 32.0 Å². The lowest BCUT2D eigenvalue weighted by atomic mass is 9.98. The Labute approximate surface area is 118 Å². The number of para-hydroxylation sites is 1. The number of benzene rings is 1. The van der Waals surface area contributed by atoms with Gasteiger partial charge in [0.05, 0.1) is 4.92 Å². The minimum Gasteiger partial charge on any atom is -0.379 e. The van der Waals surface area contributed by atoms with Crippen molar-refractivity contribution in [3.8, 4) is 6.07 Å². The quantitative estimate of drug-likeness (QED) is 0.672. The third-order valence-electron chi connectivity index (χ3n) is 3.64. The predicted molar refractivity (Wildman–Crippen MR) is 76.5 cm³/mol. The second-order valence-corrected chi connectivity index (χ2v) is 5.22. The van der Waals surface area contributed by atoms with Gasteiger partial charge in [0, 0.05) is 13.1 Å². The average Bonchev–Trinajstić information content (AvgIpc) is 2.44. The first-order chi connectivity index (χ1) is 9.61. The predicted octanol–water partition coefficient (Wildman–Crippen LogP) is 2.22. The van der Waals surface area contributed by atoms with E-state index in [1.165, 1.54) is 6.07 Å². The van der Waals surface area contributed by atoms with Gasteiger partial charge < -0.3 is 10.2 Å². The Morgan fingerprint density at radius 1 is 1.60 bits per heavy atom. The first-order valence-corrected chi connectivity index (χ1v) is 6.71. The van der Waals surface area contributed by atoms with E-state index in [4.69, 9.17) is 5.26 Å². The van der Waals surface area contributed by atoms with Gasteiger partial charge in [-0.25, -0.2) is 0 Å². The molecule has 1 aromatic carbocycles. The summed E-state index contributed by atoms with van der Waals surface area (Å²) in [5, 5.41) is 23.2. The summed E-state index contributed by atoms with van der Waals surface area (Å²) in [5.74, 6) is 0.485. The van der Waals surface area contributed by atoms with Crippen LogP contribution in [-0.4, -0.2) is 36.5 Å². The highest BCUT2D eigenvalue weighted by molar-refractivity contribution is 5.68. The van der Waals surface area contributed by atoms with E-state index in [9.17, 15) is 10.1 Å². The van der Waals surface area contributed by atoms with E-state index in [1.807, 2.05) is 6.07 Å². The maximum absolute atomic E-state index is 11.1. The van der Waals surface area contributed by atoms with Crippen LogP contribution in [0.2, 0.25) is 0 Å². The lowest BCUT2D eigenvalue weighted by Crippen LogP contribution is -2.35. The molecule has 0 aromatic heterocycles. The molecule has 1 saturated heterocycles. The zero-order valence-electron chi connectivity index (χ0n) is 11.5. The summed E-state index contributed by atoms with van der Waals surface area (Å²) in [7, 11) is 2.09. The molecular formula is C14H18N4O2. The molecule has 0 spiro atoms. The highest BCUT2D eigenvalue weighted by Crippen LogP contribution is 2.28. The molecule has 0 saturated carbocycles. The number of hydrogen-bond acceptors (Lipinski definition) is 5. The molecule has 1 aliphatic heterocycles. The van der Waals surface area contributed by atoms with Crippen LogP contribution in [0, 0.1) is 27.4 Å². The topological polar surface area (TPSA) is 82.2 Å². The molecule has 1 aromatic rings. The summed E-state index contributed by atoms with van der Waals surface area (Å²) in [6.07, 6.45) is 2.28. The highest BCUT2D eigenvalue weighted by Gasteiger charge is 2.21. The van der Waals surface area contributed by atoms with Gasteiger partial charge in [0.15, 0.2) is 0 Å². The minimum atomic E-state index is -0.492. The normalized spacial score (nSPS) is 19.3. The number of anilines is 1. The summed E-state index contributed by atoms with van der Waals surface area (Å²) in [6, 6.07) is 6.67. The molecule has 1 fully saturated rings. The summed E-state index contributed by atoms with van der Waals surface area (Å²) < 4.78 is 0. The molecule has 1 atom stereocenters.